The second-order valence-electron chi connectivity index (χ2n) is 5.59. The van der Waals surface area contributed by atoms with Gasteiger partial charge in [0.2, 0.25) is 0 Å². The normalized spacial score (nSPS) is 29.9. The van der Waals surface area contributed by atoms with Gasteiger partial charge in [0.25, 0.3) is 0 Å². The van der Waals surface area contributed by atoms with Crippen molar-refractivity contribution in [2.24, 2.45) is 5.92 Å². The highest BCUT2D eigenvalue weighted by molar-refractivity contribution is 7.91. The van der Waals surface area contributed by atoms with E-state index in [1.165, 1.54) is 0 Å². The smallest absolute Gasteiger partial charge is 0.156 e. The Kier molecular flexibility index (Phi) is 3.34. The van der Waals surface area contributed by atoms with Gasteiger partial charge in [0, 0.05) is 13.0 Å². The molecule has 2 aliphatic heterocycles. The van der Waals surface area contributed by atoms with E-state index in [9.17, 15) is 13.5 Å². The van der Waals surface area contributed by atoms with E-state index in [1.807, 2.05) is 0 Å². The first-order chi connectivity index (χ1) is 9.03. The number of aliphatic hydroxyl groups excluding tert-OH is 1. The summed E-state index contributed by atoms with van der Waals surface area (Å²) in [6.45, 7) is 0.794. The molecule has 0 bridgehead atoms. The van der Waals surface area contributed by atoms with E-state index < -0.39 is 15.9 Å². The molecular formula is C12H19N3O3S. The third-order valence-corrected chi connectivity index (χ3v) is 5.81. The van der Waals surface area contributed by atoms with Crippen molar-refractivity contribution >= 4 is 9.84 Å². The Bertz CT molecular complexity index is 567. The van der Waals surface area contributed by atoms with Crippen LogP contribution in [0.4, 0.5) is 0 Å². The zero-order chi connectivity index (χ0) is 13.5. The summed E-state index contributed by atoms with van der Waals surface area (Å²) < 4.78 is 25.0. The molecule has 2 aliphatic rings. The molecule has 1 saturated heterocycles. The van der Waals surface area contributed by atoms with Gasteiger partial charge in [-0.15, -0.1) is 0 Å². The number of aliphatic hydroxyl groups is 1. The fourth-order valence-electron chi connectivity index (χ4n) is 3.00. The molecule has 19 heavy (non-hydrogen) atoms. The van der Waals surface area contributed by atoms with Gasteiger partial charge in [-0.05, 0) is 31.6 Å². The van der Waals surface area contributed by atoms with Crippen LogP contribution >= 0.6 is 0 Å². The summed E-state index contributed by atoms with van der Waals surface area (Å²) in [4.78, 5) is 4.38. The average Bonchev–Trinajstić information content (AvgIpc) is 2.71. The summed E-state index contributed by atoms with van der Waals surface area (Å²) in [5.74, 6) is 2.01. The Morgan fingerprint density at radius 3 is 2.89 bits per heavy atom. The minimum Gasteiger partial charge on any atom is -0.385 e. The maximum absolute atomic E-state index is 11.6. The fraction of sp³-hybridized carbons (Fsp3) is 0.833. The van der Waals surface area contributed by atoms with Crippen molar-refractivity contribution in [3.05, 3.63) is 11.6 Å². The maximum Gasteiger partial charge on any atom is 0.156 e. The van der Waals surface area contributed by atoms with Gasteiger partial charge < -0.3 is 5.11 Å². The average molecular weight is 285 g/mol. The van der Waals surface area contributed by atoms with E-state index in [0.717, 1.165) is 32.2 Å². The summed E-state index contributed by atoms with van der Waals surface area (Å²) in [6, 6.07) is 0. The van der Waals surface area contributed by atoms with Crippen LogP contribution in [0.5, 0.6) is 0 Å². The summed E-state index contributed by atoms with van der Waals surface area (Å²) >= 11 is 0. The molecule has 0 spiro atoms. The monoisotopic (exact) mass is 285 g/mol. The molecule has 3 rings (SSSR count). The van der Waals surface area contributed by atoms with Crippen molar-refractivity contribution in [1.82, 2.24) is 14.8 Å². The quantitative estimate of drug-likeness (QED) is 0.854. The number of hydrogen-bond acceptors (Lipinski definition) is 5. The predicted octanol–water partition coefficient (Wildman–Crippen LogP) is 0.473. The first kappa shape index (κ1) is 13.1. The lowest BCUT2D eigenvalue weighted by molar-refractivity contribution is 0.130. The second-order valence-corrected chi connectivity index (χ2v) is 7.82. The van der Waals surface area contributed by atoms with Gasteiger partial charge in [0.1, 0.15) is 6.10 Å². The second kappa shape index (κ2) is 4.86. The van der Waals surface area contributed by atoms with Crippen LogP contribution in [-0.2, 0) is 22.8 Å². The highest BCUT2D eigenvalue weighted by atomic mass is 32.2. The van der Waals surface area contributed by atoms with Crippen molar-refractivity contribution in [2.75, 3.05) is 11.5 Å². The van der Waals surface area contributed by atoms with Crippen LogP contribution in [0.1, 0.15) is 43.4 Å². The molecule has 0 amide bonds. The van der Waals surface area contributed by atoms with E-state index in [0.29, 0.717) is 23.8 Å². The number of aromatic nitrogens is 3. The Morgan fingerprint density at radius 2 is 2.16 bits per heavy atom. The Labute approximate surface area is 112 Å². The largest absolute Gasteiger partial charge is 0.385 e. The number of hydrogen-bond donors (Lipinski definition) is 1. The molecule has 1 N–H and O–H groups in total. The highest BCUT2D eigenvalue weighted by Crippen LogP contribution is 2.25. The Morgan fingerprint density at radius 1 is 1.32 bits per heavy atom. The van der Waals surface area contributed by atoms with Gasteiger partial charge in [-0.1, -0.05) is 0 Å². The van der Waals surface area contributed by atoms with Crippen LogP contribution in [0.2, 0.25) is 0 Å². The Hall–Kier alpha value is -0.950. The van der Waals surface area contributed by atoms with Gasteiger partial charge in [0.05, 0.1) is 11.5 Å². The molecule has 0 saturated carbocycles. The molecule has 2 atom stereocenters. The van der Waals surface area contributed by atoms with Gasteiger partial charge in [-0.25, -0.2) is 18.1 Å². The molecule has 0 aliphatic carbocycles. The standard InChI is InChI=1S/C12H19N3O3S/c16-10-4-1-5-15-12(10)13-11(14-15)7-9-3-2-6-19(17,18)8-9/h9-10,16H,1-8H2. The SMILES string of the molecule is O=S1(=O)CCCC(Cc2nc3n(n2)CCCC3O)C1. The zero-order valence-corrected chi connectivity index (χ0v) is 11.6. The van der Waals surface area contributed by atoms with Crippen molar-refractivity contribution in [3.63, 3.8) is 0 Å². The van der Waals surface area contributed by atoms with Crippen LogP contribution in [0.25, 0.3) is 0 Å². The topological polar surface area (TPSA) is 85.1 Å². The lowest BCUT2D eigenvalue weighted by Gasteiger charge is -2.20. The number of sulfone groups is 1. The first-order valence-corrected chi connectivity index (χ1v) is 8.68. The minimum absolute atomic E-state index is 0.125. The lowest BCUT2D eigenvalue weighted by atomic mass is 10.0. The molecular weight excluding hydrogens is 266 g/mol. The fourth-order valence-corrected chi connectivity index (χ4v) is 4.78. The number of nitrogens with zero attached hydrogens (tertiary/aromatic N) is 3. The van der Waals surface area contributed by atoms with Crippen LogP contribution < -0.4 is 0 Å². The lowest BCUT2D eigenvalue weighted by Crippen LogP contribution is -2.26. The van der Waals surface area contributed by atoms with Crippen LogP contribution in [0, 0.1) is 5.92 Å². The molecule has 7 heteroatoms. The predicted molar refractivity (Wildman–Crippen MR) is 69.3 cm³/mol. The van der Waals surface area contributed by atoms with E-state index in [1.54, 1.807) is 4.68 Å². The highest BCUT2D eigenvalue weighted by Gasteiger charge is 2.28. The number of rotatable bonds is 2. The van der Waals surface area contributed by atoms with E-state index >= 15 is 0 Å². The molecule has 1 fully saturated rings. The molecule has 6 nitrogen and oxygen atoms in total. The molecule has 106 valence electrons. The third kappa shape index (κ3) is 2.81. The van der Waals surface area contributed by atoms with Gasteiger partial charge in [-0.2, -0.15) is 5.10 Å². The van der Waals surface area contributed by atoms with Crippen molar-refractivity contribution in [2.45, 2.75) is 44.8 Å². The van der Waals surface area contributed by atoms with Gasteiger partial charge in [-0.3, -0.25) is 0 Å². The minimum atomic E-state index is -2.88. The first-order valence-electron chi connectivity index (χ1n) is 6.85. The van der Waals surface area contributed by atoms with Crippen molar-refractivity contribution < 1.29 is 13.5 Å². The van der Waals surface area contributed by atoms with Gasteiger partial charge in [0.15, 0.2) is 21.5 Å². The maximum atomic E-state index is 11.6. The van der Waals surface area contributed by atoms with Crippen LogP contribution in [0.15, 0.2) is 0 Å². The van der Waals surface area contributed by atoms with E-state index in [-0.39, 0.29) is 11.7 Å². The Balaban J connectivity index is 1.73. The van der Waals surface area contributed by atoms with Gasteiger partial charge >= 0.3 is 0 Å². The number of fused-ring (bicyclic) bond motifs is 1. The van der Waals surface area contributed by atoms with Crippen LogP contribution in [-0.4, -0.2) is 39.8 Å². The van der Waals surface area contributed by atoms with Crippen LogP contribution in [0.3, 0.4) is 0 Å². The summed E-state index contributed by atoms with van der Waals surface area (Å²) in [5, 5.41) is 14.2. The molecule has 1 aromatic heterocycles. The zero-order valence-electron chi connectivity index (χ0n) is 10.8. The van der Waals surface area contributed by atoms with E-state index in [2.05, 4.69) is 10.1 Å². The molecule has 0 radical (unpaired) electrons. The summed E-state index contributed by atoms with van der Waals surface area (Å²) in [6.07, 6.45) is 3.39. The summed E-state index contributed by atoms with van der Waals surface area (Å²) in [5.41, 5.74) is 0. The molecule has 1 aromatic rings. The molecule has 2 unspecified atom stereocenters. The number of aryl methyl sites for hydroxylation is 1. The van der Waals surface area contributed by atoms with E-state index in [4.69, 9.17) is 0 Å². The third-order valence-electron chi connectivity index (χ3n) is 3.92. The van der Waals surface area contributed by atoms with Crippen molar-refractivity contribution in [3.8, 4) is 0 Å². The molecule has 3 heterocycles. The summed E-state index contributed by atoms with van der Waals surface area (Å²) in [7, 11) is -2.88. The van der Waals surface area contributed by atoms with Crippen molar-refractivity contribution in [1.29, 1.82) is 0 Å². The molecule has 0 aromatic carbocycles.